The first kappa shape index (κ1) is 11.0. The second-order valence-electron chi connectivity index (χ2n) is 3.77. The Labute approximate surface area is 93.4 Å². The normalized spacial score (nSPS) is 24.5. The summed E-state index contributed by atoms with van der Waals surface area (Å²) in [5.41, 5.74) is 6.30. The van der Waals surface area contributed by atoms with E-state index in [1.807, 2.05) is 5.38 Å². The molecule has 1 unspecified atom stereocenters. The number of rotatable bonds is 3. The van der Waals surface area contributed by atoms with E-state index in [-0.39, 0.29) is 5.25 Å². The highest BCUT2D eigenvalue weighted by Gasteiger charge is 2.31. The molecular formula is C9H14N2O2S2. The second kappa shape index (κ2) is 4.19. The molecule has 84 valence electrons. The summed E-state index contributed by atoms with van der Waals surface area (Å²) in [6.45, 7) is 0.425. The van der Waals surface area contributed by atoms with Gasteiger partial charge in [0.2, 0.25) is 0 Å². The molecule has 0 amide bonds. The summed E-state index contributed by atoms with van der Waals surface area (Å²) in [5, 5.41) is 2.58. The van der Waals surface area contributed by atoms with Crippen LogP contribution < -0.4 is 5.73 Å². The van der Waals surface area contributed by atoms with Crippen molar-refractivity contribution in [2.45, 2.75) is 31.1 Å². The average molecular weight is 246 g/mol. The molecule has 1 fully saturated rings. The summed E-state index contributed by atoms with van der Waals surface area (Å²) < 4.78 is 23.2. The standard InChI is InChI=1S/C9H14N2O2S2/c10-5-7-6-14-9(11-7)4-8-2-1-3-15(8,12)13/h6,8H,1-5,10H2. The molecule has 1 atom stereocenters. The van der Waals surface area contributed by atoms with Crippen molar-refractivity contribution in [3.05, 3.63) is 16.1 Å². The van der Waals surface area contributed by atoms with E-state index >= 15 is 0 Å². The lowest BCUT2D eigenvalue weighted by atomic mass is 10.2. The molecule has 4 nitrogen and oxygen atoms in total. The minimum atomic E-state index is -2.85. The Morgan fingerprint density at radius 1 is 1.60 bits per heavy atom. The van der Waals surface area contributed by atoms with Gasteiger partial charge in [-0.3, -0.25) is 0 Å². The minimum Gasteiger partial charge on any atom is -0.325 e. The SMILES string of the molecule is NCc1csc(CC2CCCS2(=O)=O)n1. The van der Waals surface area contributed by atoms with Gasteiger partial charge in [0.15, 0.2) is 9.84 Å². The summed E-state index contributed by atoms with van der Waals surface area (Å²) in [6.07, 6.45) is 2.13. The Kier molecular flexibility index (Phi) is 3.08. The van der Waals surface area contributed by atoms with E-state index in [0.29, 0.717) is 18.7 Å². The number of nitrogens with two attached hydrogens (primary N) is 1. The first-order chi connectivity index (χ1) is 7.12. The summed E-state index contributed by atoms with van der Waals surface area (Å²) >= 11 is 1.51. The molecule has 2 N–H and O–H groups in total. The molecule has 0 aromatic carbocycles. The molecule has 1 aromatic heterocycles. The van der Waals surface area contributed by atoms with Crippen molar-refractivity contribution in [1.82, 2.24) is 4.98 Å². The van der Waals surface area contributed by atoms with Crippen LogP contribution in [-0.4, -0.2) is 24.4 Å². The van der Waals surface area contributed by atoms with E-state index in [2.05, 4.69) is 4.98 Å². The van der Waals surface area contributed by atoms with Crippen LogP contribution in [0.3, 0.4) is 0 Å². The van der Waals surface area contributed by atoms with Gasteiger partial charge in [0.05, 0.1) is 21.7 Å². The lowest BCUT2D eigenvalue weighted by Crippen LogP contribution is -2.18. The molecule has 2 heterocycles. The maximum atomic E-state index is 11.6. The van der Waals surface area contributed by atoms with Crippen molar-refractivity contribution in [3.63, 3.8) is 0 Å². The third-order valence-corrected chi connectivity index (χ3v) is 5.87. The predicted octanol–water partition coefficient (Wildman–Crippen LogP) is 0.722. The zero-order valence-electron chi connectivity index (χ0n) is 8.35. The third-order valence-electron chi connectivity index (χ3n) is 2.67. The number of hydrogen-bond acceptors (Lipinski definition) is 5. The molecule has 0 spiro atoms. The van der Waals surface area contributed by atoms with Crippen LogP contribution in [0.15, 0.2) is 5.38 Å². The Balaban J connectivity index is 2.09. The largest absolute Gasteiger partial charge is 0.325 e. The van der Waals surface area contributed by atoms with Gasteiger partial charge in [0.25, 0.3) is 0 Å². The van der Waals surface area contributed by atoms with Crippen LogP contribution in [0.4, 0.5) is 0 Å². The topological polar surface area (TPSA) is 73.1 Å². The first-order valence-electron chi connectivity index (χ1n) is 4.97. The van der Waals surface area contributed by atoms with Crippen LogP contribution in [0.1, 0.15) is 23.5 Å². The van der Waals surface area contributed by atoms with Gasteiger partial charge >= 0.3 is 0 Å². The molecule has 1 aliphatic rings. The summed E-state index contributed by atoms with van der Waals surface area (Å²) in [6, 6.07) is 0. The summed E-state index contributed by atoms with van der Waals surface area (Å²) in [5.74, 6) is 0.340. The lowest BCUT2D eigenvalue weighted by molar-refractivity contribution is 0.588. The zero-order valence-corrected chi connectivity index (χ0v) is 9.98. The molecule has 6 heteroatoms. The number of sulfone groups is 1. The predicted molar refractivity (Wildman–Crippen MR) is 60.5 cm³/mol. The van der Waals surface area contributed by atoms with Gasteiger partial charge < -0.3 is 5.73 Å². The fraction of sp³-hybridized carbons (Fsp3) is 0.667. The van der Waals surface area contributed by atoms with E-state index < -0.39 is 9.84 Å². The first-order valence-corrected chi connectivity index (χ1v) is 7.56. The van der Waals surface area contributed by atoms with Crippen molar-refractivity contribution >= 4 is 21.2 Å². The van der Waals surface area contributed by atoms with E-state index in [0.717, 1.165) is 23.5 Å². The number of nitrogens with zero attached hydrogens (tertiary/aromatic N) is 1. The molecule has 2 rings (SSSR count). The average Bonchev–Trinajstić information content (AvgIpc) is 2.75. The van der Waals surface area contributed by atoms with Crippen molar-refractivity contribution in [2.75, 3.05) is 5.75 Å². The highest BCUT2D eigenvalue weighted by atomic mass is 32.2. The molecule has 1 aromatic rings. The van der Waals surface area contributed by atoms with E-state index in [9.17, 15) is 8.42 Å². The maximum Gasteiger partial charge on any atom is 0.153 e. The fourth-order valence-corrected chi connectivity index (χ4v) is 4.65. The summed E-state index contributed by atoms with van der Waals surface area (Å²) in [4.78, 5) is 4.29. The van der Waals surface area contributed by atoms with Crippen LogP contribution in [0.25, 0.3) is 0 Å². The molecule has 1 saturated heterocycles. The molecule has 0 saturated carbocycles. The van der Waals surface area contributed by atoms with Crippen molar-refractivity contribution in [3.8, 4) is 0 Å². The third kappa shape index (κ3) is 2.38. The van der Waals surface area contributed by atoms with Crippen LogP contribution >= 0.6 is 11.3 Å². The Bertz CT molecular complexity index is 439. The lowest BCUT2D eigenvalue weighted by Gasteiger charge is -2.05. The highest BCUT2D eigenvalue weighted by Crippen LogP contribution is 2.24. The van der Waals surface area contributed by atoms with Crippen molar-refractivity contribution in [2.24, 2.45) is 5.73 Å². The van der Waals surface area contributed by atoms with Crippen LogP contribution in [0.2, 0.25) is 0 Å². The monoisotopic (exact) mass is 246 g/mol. The molecule has 1 aliphatic heterocycles. The van der Waals surface area contributed by atoms with Gasteiger partial charge in [-0.1, -0.05) is 0 Å². The quantitative estimate of drug-likeness (QED) is 0.853. The Hall–Kier alpha value is -0.460. The van der Waals surface area contributed by atoms with Gasteiger partial charge in [0.1, 0.15) is 0 Å². The van der Waals surface area contributed by atoms with Gasteiger partial charge in [-0.2, -0.15) is 0 Å². The fourth-order valence-electron chi connectivity index (χ4n) is 1.82. The molecule has 0 bridgehead atoms. The van der Waals surface area contributed by atoms with E-state index in [4.69, 9.17) is 5.73 Å². The minimum absolute atomic E-state index is 0.214. The van der Waals surface area contributed by atoms with Crippen LogP contribution in [-0.2, 0) is 22.8 Å². The number of thiazole rings is 1. The second-order valence-corrected chi connectivity index (χ2v) is 7.12. The highest BCUT2D eigenvalue weighted by molar-refractivity contribution is 7.92. The zero-order chi connectivity index (χ0) is 10.9. The van der Waals surface area contributed by atoms with E-state index in [1.165, 1.54) is 11.3 Å². The number of aromatic nitrogens is 1. The van der Waals surface area contributed by atoms with Gasteiger partial charge in [0, 0.05) is 18.3 Å². The maximum absolute atomic E-state index is 11.6. The van der Waals surface area contributed by atoms with Gasteiger partial charge in [-0.25, -0.2) is 13.4 Å². The molecule has 0 radical (unpaired) electrons. The molecule has 0 aliphatic carbocycles. The number of hydrogen-bond donors (Lipinski definition) is 1. The Morgan fingerprint density at radius 2 is 2.40 bits per heavy atom. The smallest absolute Gasteiger partial charge is 0.153 e. The molecular weight excluding hydrogens is 232 g/mol. The van der Waals surface area contributed by atoms with Crippen molar-refractivity contribution in [1.29, 1.82) is 0 Å². The van der Waals surface area contributed by atoms with Gasteiger partial charge in [-0.05, 0) is 12.8 Å². The van der Waals surface area contributed by atoms with E-state index in [1.54, 1.807) is 0 Å². The Morgan fingerprint density at radius 3 is 2.93 bits per heavy atom. The van der Waals surface area contributed by atoms with Gasteiger partial charge in [-0.15, -0.1) is 11.3 Å². The van der Waals surface area contributed by atoms with Crippen LogP contribution in [0.5, 0.6) is 0 Å². The van der Waals surface area contributed by atoms with Crippen molar-refractivity contribution < 1.29 is 8.42 Å². The molecule has 15 heavy (non-hydrogen) atoms. The van der Waals surface area contributed by atoms with Crippen LogP contribution in [0, 0.1) is 0 Å². The summed E-state index contributed by atoms with van der Waals surface area (Å²) in [7, 11) is -2.85.